The van der Waals surface area contributed by atoms with Crippen LogP contribution in [0.3, 0.4) is 0 Å². The first-order chi connectivity index (χ1) is 11.7. The molecule has 0 atom stereocenters. The summed E-state index contributed by atoms with van der Waals surface area (Å²) in [5, 5.41) is 9.58. The van der Waals surface area contributed by atoms with Crippen LogP contribution in [-0.4, -0.2) is 28.4 Å². The van der Waals surface area contributed by atoms with E-state index in [1.807, 2.05) is 0 Å². The van der Waals surface area contributed by atoms with Gasteiger partial charge in [-0.05, 0) is 26.3 Å². The minimum Gasteiger partial charge on any atom is -0.478 e. The molecule has 0 aliphatic rings. The maximum Gasteiger partial charge on any atom is 0.336 e. The van der Waals surface area contributed by atoms with E-state index in [1.165, 1.54) is 12.1 Å². The van der Waals surface area contributed by atoms with Crippen LogP contribution in [0.2, 0.25) is 0 Å². The molecule has 0 fully saturated rings. The van der Waals surface area contributed by atoms with Gasteiger partial charge in [-0.2, -0.15) is 0 Å². The summed E-state index contributed by atoms with van der Waals surface area (Å²) in [5.41, 5.74) is -0.136. The van der Waals surface area contributed by atoms with Gasteiger partial charge in [-0.15, -0.1) is 0 Å². The smallest absolute Gasteiger partial charge is 0.336 e. The zero-order chi connectivity index (χ0) is 18.6. The fourth-order valence-corrected chi connectivity index (χ4v) is 2.47. The average Bonchev–Trinajstić information content (AvgIpc) is 2.52. The molecule has 0 spiro atoms. The molecule has 0 aliphatic carbocycles. The Labute approximate surface area is 146 Å². The second-order valence-corrected chi connectivity index (χ2v) is 6.60. The standard InChI is InChI=1S/C20H20O5/c1-20(2,3)25-16(21)12-14-10-7-11-15(17(14)19(23)24)18(22)13-8-5-4-6-9-13/h4-11H,12H2,1-3H3,(H,23,24). The first-order valence-corrected chi connectivity index (χ1v) is 7.86. The summed E-state index contributed by atoms with van der Waals surface area (Å²) < 4.78 is 5.24. The number of esters is 1. The molecule has 0 saturated heterocycles. The molecule has 0 aromatic heterocycles. The molecular weight excluding hydrogens is 320 g/mol. The Bertz CT molecular complexity index is 801. The minimum atomic E-state index is -1.25. The van der Waals surface area contributed by atoms with Crippen LogP contribution in [0.15, 0.2) is 48.5 Å². The van der Waals surface area contributed by atoms with Crippen molar-refractivity contribution in [3.63, 3.8) is 0 Å². The Balaban J connectivity index is 2.41. The van der Waals surface area contributed by atoms with Gasteiger partial charge in [0.15, 0.2) is 5.78 Å². The molecule has 2 aromatic carbocycles. The number of hydrogen-bond acceptors (Lipinski definition) is 4. The van der Waals surface area contributed by atoms with Crippen LogP contribution in [0.25, 0.3) is 0 Å². The van der Waals surface area contributed by atoms with Gasteiger partial charge in [0.2, 0.25) is 0 Å². The number of hydrogen-bond donors (Lipinski definition) is 1. The zero-order valence-corrected chi connectivity index (χ0v) is 14.4. The summed E-state index contributed by atoms with van der Waals surface area (Å²) >= 11 is 0. The maximum atomic E-state index is 12.7. The number of carbonyl (C=O) groups is 3. The van der Waals surface area contributed by atoms with Gasteiger partial charge in [0.1, 0.15) is 5.60 Å². The zero-order valence-electron chi connectivity index (χ0n) is 14.4. The van der Waals surface area contributed by atoms with Crippen LogP contribution in [0.4, 0.5) is 0 Å². The van der Waals surface area contributed by atoms with Crippen LogP contribution >= 0.6 is 0 Å². The number of ether oxygens (including phenoxy) is 1. The lowest BCUT2D eigenvalue weighted by Gasteiger charge is -2.20. The number of benzene rings is 2. The number of aromatic carboxylic acids is 1. The number of carbonyl (C=O) groups excluding carboxylic acids is 2. The molecule has 0 unspecified atom stereocenters. The lowest BCUT2D eigenvalue weighted by atomic mass is 9.93. The van der Waals surface area contributed by atoms with Gasteiger partial charge >= 0.3 is 11.9 Å². The van der Waals surface area contributed by atoms with Crippen molar-refractivity contribution in [1.29, 1.82) is 0 Å². The minimum absolute atomic E-state index is 0.0553. The largest absolute Gasteiger partial charge is 0.478 e. The van der Waals surface area contributed by atoms with Gasteiger partial charge in [0.25, 0.3) is 0 Å². The summed E-state index contributed by atoms with van der Waals surface area (Å²) in [6, 6.07) is 13.0. The molecule has 0 bridgehead atoms. The first kappa shape index (κ1) is 18.4. The Morgan fingerprint density at radius 2 is 1.60 bits per heavy atom. The van der Waals surface area contributed by atoms with E-state index in [-0.39, 0.29) is 23.1 Å². The van der Waals surface area contributed by atoms with Crippen molar-refractivity contribution in [2.75, 3.05) is 0 Å². The van der Waals surface area contributed by atoms with E-state index in [2.05, 4.69) is 0 Å². The van der Waals surface area contributed by atoms with E-state index >= 15 is 0 Å². The third kappa shape index (κ3) is 4.76. The Kier molecular flexibility index (Phi) is 5.37. The molecule has 0 heterocycles. The van der Waals surface area contributed by atoms with Gasteiger partial charge in [-0.3, -0.25) is 9.59 Å². The molecule has 25 heavy (non-hydrogen) atoms. The fraction of sp³-hybridized carbons (Fsp3) is 0.250. The normalized spacial score (nSPS) is 11.0. The van der Waals surface area contributed by atoms with E-state index in [1.54, 1.807) is 57.2 Å². The lowest BCUT2D eigenvalue weighted by molar-refractivity contribution is -0.153. The summed E-state index contributed by atoms with van der Waals surface area (Å²) in [7, 11) is 0. The van der Waals surface area contributed by atoms with Crippen LogP contribution in [0, 0.1) is 0 Å². The van der Waals surface area contributed by atoms with E-state index in [0.29, 0.717) is 5.56 Å². The molecular formula is C20H20O5. The predicted molar refractivity (Wildman–Crippen MR) is 92.8 cm³/mol. The molecule has 0 radical (unpaired) electrons. The monoisotopic (exact) mass is 340 g/mol. The Morgan fingerprint density at radius 3 is 2.16 bits per heavy atom. The number of carboxylic acid groups (broad SMARTS) is 1. The van der Waals surface area contributed by atoms with Crippen molar-refractivity contribution >= 4 is 17.7 Å². The molecule has 1 N–H and O–H groups in total. The maximum absolute atomic E-state index is 12.7. The third-order valence-electron chi connectivity index (χ3n) is 3.40. The highest BCUT2D eigenvalue weighted by Crippen LogP contribution is 2.21. The molecule has 5 nitrogen and oxygen atoms in total. The molecule has 130 valence electrons. The second kappa shape index (κ2) is 7.30. The first-order valence-electron chi connectivity index (χ1n) is 7.86. The number of ketones is 1. The van der Waals surface area contributed by atoms with E-state index < -0.39 is 23.3 Å². The molecule has 2 rings (SSSR count). The van der Waals surface area contributed by atoms with Gasteiger partial charge in [0.05, 0.1) is 12.0 Å². The summed E-state index contributed by atoms with van der Waals surface area (Å²) in [5.74, 6) is -2.19. The molecule has 5 heteroatoms. The molecule has 0 amide bonds. The summed E-state index contributed by atoms with van der Waals surface area (Å²) in [4.78, 5) is 36.5. The Morgan fingerprint density at radius 1 is 0.960 bits per heavy atom. The van der Waals surface area contributed by atoms with Crippen molar-refractivity contribution < 1.29 is 24.2 Å². The van der Waals surface area contributed by atoms with Crippen molar-refractivity contribution in [3.05, 3.63) is 70.8 Å². The van der Waals surface area contributed by atoms with Crippen molar-refractivity contribution in [2.24, 2.45) is 0 Å². The van der Waals surface area contributed by atoms with E-state index in [4.69, 9.17) is 4.74 Å². The quantitative estimate of drug-likeness (QED) is 0.665. The SMILES string of the molecule is CC(C)(C)OC(=O)Cc1cccc(C(=O)c2ccccc2)c1C(=O)O. The lowest BCUT2D eigenvalue weighted by Crippen LogP contribution is -2.25. The predicted octanol–water partition coefficient (Wildman–Crippen LogP) is 3.50. The fourth-order valence-electron chi connectivity index (χ4n) is 2.47. The van der Waals surface area contributed by atoms with E-state index in [0.717, 1.165) is 0 Å². The van der Waals surface area contributed by atoms with Crippen LogP contribution in [0.5, 0.6) is 0 Å². The summed E-state index contributed by atoms with van der Waals surface area (Å²) in [6.07, 6.45) is -0.213. The third-order valence-corrected chi connectivity index (χ3v) is 3.40. The number of carboxylic acids is 1. The molecule has 2 aromatic rings. The van der Waals surface area contributed by atoms with E-state index in [9.17, 15) is 19.5 Å². The van der Waals surface area contributed by atoms with Gasteiger partial charge in [0, 0.05) is 11.1 Å². The van der Waals surface area contributed by atoms with Gasteiger partial charge < -0.3 is 9.84 Å². The molecule has 0 saturated carbocycles. The van der Waals surface area contributed by atoms with Gasteiger partial charge in [-0.1, -0.05) is 48.5 Å². The van der Waals surface area contributed by atoms with Crippen LogP contribution in [0.1, 0.15) is 52.6 Å². The van der Waals surface area contributed by atoms with Crippen LogP contribution < -0.4 is 0 Å². The van der Waals surface area contributed by atoms with Crippen molar-refractivity contribution in [2.45, 2.75) is 32.8 Å². The van der Waals surface area contributed by atoms with Crippen molar-refractivity contribution in [3.8, 4) is 0 Å². The van der Waals surface area contributed by atoms with Crippen molar-refractivity contribution in [1.82, 2.24) is 0 Å². The Hall–Kier alpha value is -2.95. The topological polar surface area (TPSA) is 80.7 Å². The van der Waals surface area contributed by atoms with Crippen LogP contribution in [-0.2, 0) is 16.0 Å². The second-order valence-electron chi connectivity index (χ2n) is 6.60. The average molecular weight is 340 g/mol. The molecule has 0 aliphatic heterocycles. The highest BCUT2D eigenvalue weighted by Gasteiger charge is 2.24. The highest BCUT2D eigenvalue weighted by atomic mass is 16.6. The highest BCUT2D eigenvalue weighted by molar-refractivity contribution is 6.14. The summed E-state index contributed by atoms with van der Waals surface area (Å²) in [6.45, 7) is 5.20. The number of rotatable bonds is 5. The van der Waals surface area contributed by atoms with Gasteiger partial charge in [-0.25, -0.2) is 4.79 Å².